The van der Waals surface area contributed by atoms with Crippen LogP contribution in [0, 0.1) is 0 Å². The molecule has 0 aromatic heterocycles. The van der Waals surface area contributed by atoms with Crippen LogP contribution in [0.3, 0.4) is 0 Å². The predicted molar refractivity (Wildman–Crippen MR) is 139 cm³/mol. The van der Waals surface area contributed by atoms with Gasteiger partial charge in [0.25, 0.3) is 6.64 Å². The van der Waals surface area contributed by atoms with E-state index in [1.807, 2.05) is 50.2 Å². The molecule has 176 valence electrons. The number of hydrogen-bond donors (Lipinski definition) is 1. The molecule has 0 aliphatic carbocycles. The van der Waals surface area contributed by atoms with Gasteiger partial charge in [-0.05, 0) is 67.6 Å². The lowest BCUT2D eigenvalue weighted by Crippen LogP contribution is -2.25. The zero-order chi connectivity index (χ0) is 23.7. The van der Waals surface area contributed by atoms with Crippen molar-refractivity contribution in [2.45, 2.75) is 19.6 Å². The number of hydrogen-bond acceptors (Lipinski definition) is 6. The highest BCUT2D eigenvalue weighted by Crippen LogP contribution is 2.63. The van der Waals surface area contributed by atoms with Crippen LogP contribution in [0.2, 0.25) is 0 Å². The van der Waals surface area contributed by atoms with Crippen molar-refractivity contribution < 1.29 is 22.7 Å². The van der Waals surface area contributed by atoms with Gasteiger partial charge in [-0.1, -0.05) is 64.5 Å². The standard InChI is InChI=1S/C23H26BrNO5P2S/c1-3-27-32(33,28-4-2)25-23(19-12-11-13-20(24)18-19)31(26,29-21-14-7-5-8-15-21)30-22-16-9-6-10-17-22/h5-18,23H,3-4H2,1-2H3,(H,25,33)/t23-/m0/s1. The highest BCUT2D eigenvalue weighted by Gasteiger charge is 2.44. The third kappa shape index (κ3) is 7.49. The van der Waals surface area contributed by atoms with E-state index in [9.17, 15) is 4.57 Å². The van der Waals surface area contributed by atoms with Crippen LogP contribution in [0.4, 0.5) is 0 Å². The number of halogens is 1. The fourth-order valence-corrected chi connectivity index (χ4v) is 8.57. The Labute approximate surface area is 208 Å². The van der Waals surface area contributed by atoms with E-state index in [4.69, 9.17) is 29.9 Å². The van der Waals surface area contributed by atoms with Crippen LogP contribution in [0.5, 0.6) is 11.5 Å². The molecule has 0 heterocycles. The molecule has 0 spiro atoms. The lowest BCUT2D eigenvalue weighted by atomic mass is 10.2. The van der Waals surface area contributed by atoms with Gasteiger partial charge in [-0.25, -0.2) is 9.65 Å². The van der Waals surface area contributed by atoms with E-state index >= 15 is 0 Å². The first-order valence-corrected chi connectivity index (χ1v) is 15.4. The molecule has 3 aromatic rings. The molecule has 1 N–H and O–H groups in total. The minimum Gasteiger partial charge on any atom is -0.415 e. The smallest absolute Gasteiger partial charge is 0.415 e. The van der Waals surface area contributed by atoms with Gasteiger partial charge >= 0.3 is 7.60 Å². The van der Waals surface area contributed by atoms with Crippen LogP contribution < -0.4 is 14.1 Å². The van der Waals surface area contributed by atoms with Crippen LogP contribution in [-0.2, 0) is 25.4 Å². The summed E-state index contributed by atoms with van der Waals surface area (Å²) in [6.45, 7) is 1.30. The lowest BCUT2D eigenvalue weighted by Gasteiger charge is -2.32. The summed E-state index contributed by atoms with van der Waals surface area (Å²) in [5.74, 6) is -0.168. The summed E-state index contributed by atoms with van der Waals surface area (Å²) in [6.07, 6.45) is 0. The van der Waals surface area contributed by atoms with E-state index in [-0.39, 0.29) is 0 Å². The van der Waals surface area contributed by atoms with E-state index in [1.54, 1.807) is 48.5 Å². The summed E-state index contributed by atoms with van der Waals surface area (Å²) in [5, 5.41) is 3.20. The highest BCUT2D eigenvalue weighted by atomic mass is 79.9. The van der Waals surface area contributed by atoms with Crippen molar-refractivity contribution in [1.29, 1.82) is 0 Å². The van der Waals surface area contributed by atoms with Gasteiger partial charge in [-0.3, -0.25) is 0 Å². The number of benzene rings is 3. The highest BCUT2D eigenvalue weighted by molar-refractivity contribution is 9.10. The first-order valence-electron chi connectivity index (χ1n) is 10.4. The Hall–Kier alpha value is -1.50. The Morgan fingerprint density at radius 2 is 1.36 bits per heavy atom. The molecule has 6 nitrogen and oxygen atoms in total. The van der Waals surface area contributed by atoms with Crippen LogP contribution in [0.1, 0.15) is 25.2 Å². The summed E-state index contributed by atoms with van der Waals surface area (Å²) < 4.78 is 39.1. The molecule has 0 aliphatic rings. The summed E-state index contributed by atoms with van der Waals surface area (Å²) in [4.78, 5) is 0. The molecule has 0 saturated carbocycles. The minimum atomic E-state index is -3.99. The third-order valence-electron chi connectivity index (χ3n) is 4.31. The molecule has 0 fully saturated rings. The Kier molecular flexibility index (Phi) is 9.71. The average Bonchev–Trinajstić information content (AvgIpc) is 2.79. The number of para-hydroxylation sites is 2. The second-order valence-corrected chi connectivity index (χ2v) is 12.9. The molecule has 3 rings (SSSR count). The third-order valence-corrected chi connectivity index (χ3v) is 9.72. The fraction of sp³-hybridized carbons (Fsp3) is 0.217. The second-order valence-electron chi connectivity index (χ2n) is 6.77. The Morgan fingerprint density at radius 3 is 1.82 bits per heavy atom. The van der Waals surface area contributed by atoms with E-state index in [0.29, 0.717) is 30.3 Å². The van der Waals surface area contributed by atoms with Crippen LogP contribution in [0.15, 0.2) is 89.4 Å². The molecule has 10 heteroatoms. The Bertz CT molecular complexity index is 1060. The molecule has 0 amide bonds. The lowest BCUT2D eigenvalue weighted by molar-refractivity contribution is 0.255. The summed E-state index contributed by atoms with van der Waals surface area (Å²) in [7, 11) is -3.99. The van der Waals surface area contributed by atoms with Gasteiger partial charge in [0.2, 0.25) is 0 Å². The fourth-order valence-electron chi connectivity index (χ4n) is 2.99. The molecule has 0 bridgehead atoms. The van der Waals surface area contributed by atoms with Gasteiger partial charge < -0.3 is 18.1 Å². The number of rotatable bonds is 12. The molecule has 0 saturated heterocycles. The van der Waals surface area contributed by atoms with E-state index in [1.165, 1.54) is 0 Å². The Morgan fingerprint density at radius 1 is 0.848 bits per heavy atom. The topological polar surface area (TPSA) is 66.0 Å². The van der Waals surface area contributed by atoms with Gasteiger partial charge in [-0.15, -0.1) is 0 Å². The predicted octanol–water partition coefficient (Wildman–Crippen LogP) is 7.69. The maximum absolute atomic E-state index is 14.6. The maximum Gasteiger partial charge on any atom is 0.452 e. The van der Waals surface area contributed by atoms with Crippen LogP contribution in [-0.4, -0.2) is 13.2 Å². The van der Waals surface area contributed by atoms with Crippen molar-refractivity contribution >= 4 is 42.0 Å². The van der Waals surface area contributed by atoms with Crippen LogP contribution >= 0.6 is 30.2 Å². The molecule has 0 aliphatic heterocycles. The molecule has 1 atom stereocenters. The van der Waals surface area contributed by atoms with Crippen molar-refractivity contribution in [1.82, 2.24) is 5.09 Å². The van der Waals surface area contributed by atoms with Crippen LogP contribution in [0.25, 0.3) is 0 Å². The first-order chi connectivity index (χ1) is 15.9. The zero-order valence-corrected chi connectivity index (χ0v) is 22.5. The molecular weight excluding hydrogens is 544 g/mol. The van der Waals surface area contributed by atoms with E-state index in [0.717, 1.165) is 4.47 Å². The monoisotopic (exact) mass is 569 g/mol. The minimum absolute atomic E-state index is 0.332. The van der Waals surface area contributed by atoms with Gasteiger partial charge in [0, 0.05) is 4.47 Å². The average molecular weight is 570 g/mol. The summed E-state index contributed by atoms with van der Waals surface area (Å²) in [5.41, 5.74) is 0.646. The van der Waals surface area contributed by atoms with Gasteiger partial charge in [0.05, 0.1) is 13.2 Å². The zero-order valence-electron chi connectivity index (χ0n) is 18.3. The maximum atomic E-state index is 14.6. The van der Waals surface area contributed by atoms with Crippen molar-refractivity contribution in [3.05, 3.63) is 95.0 Å². The van der Waals surface area contributed by atoms with Crippen molar-refractivity contribution in [2.75, 3.05) is 13.2 Å². The van der Waals surface area contributed by atoms with E-state index < -0.39 is 20.0 Å². The quantitative estimate of drug-likeness (QED) is 0.224. The Balaban J connectivity index is 2.13. The second kappa shape index (κ2) is 12.3. The molecular formula is C23H26BrNO5P2S. The van der Waals surface area contributed by atoms with Crippen molar-refractivity contribution in [2.24, 2.45) is 0 Å². The molecule has 0 unspecified atom stereocenters. The molecule has 0 radical (unpaired) electrons. The normalized spacial score (nSPS) is 12.8. The SMILES string of the molecule is CCOP(=S)(N[C@H](c1cccc(Br)c1)P(=O)(Oc1ccccc1)Oc1ccccc1)OCC. The van der Waals surface area contributed by atoms with Crippen molar-refractivity contribution in [3.8, 4) is 11.5 Å². The largest absolute Gasteiger partial charge is 0.452 e. The molecule has 3 aromatic carbocycles. The van der Waals surface area contributed by atoms with Gasteiger partial charge in [0.1, 0.15) is 11.5 Å². The summed E-state index contributed by atoms with van der Waals surface area (Å²) in [6, 6.07) is 25.2. The first kappa shape index (κ1) is 26.1. The molecule has 33 heavy (non-hydrogen) atoms. The van der Waals surface area contributed by atoms with Gasteiger partial charge in [-0.2, -0.15) is 0 Å². The number of nitrogens with one attached hydrogen (secondary N) is 1. The van der Waals surface area contributed by atoms with Crippen molar-refractivity contribution in [3.63, 3.8) is 0 Å². The summed E-state index contributed by atoms with van der Waals surface area (Å²) >= 11 is 9.21. The van der Waals surface area contributed by atoms with E-state index in [2.05, 4.69) is 21.0 Å². The van der Waals surface area contributed by atoms with Gasteiger partial charge in [0.15, 0.2) is 5.78 Å².